The molecule has 14 heavy (non-hydrogen) atoms. The minimum atomic E-state index is 0.578. The Labute approximate surface area is 81.0 Å². The summed E-state index contributed by atoms with van der Waals surface area (Å²) in [5, 5.41) is 7.76. The molecule has 2 rings (SSSR count). The lowest BCUT2D eigenvalue weighted by Gasteiger charge is -2.00. The highest BCUT2D eigenvalue weighted by Crippen LogP contribution is 2.02. The summed E-state index contributed by atoms with van der Waals surface area (Å²) in [4.78, 5) is 10.6. The maximum atomic E-state index is 10.6. The van der Waals surface area contributed by atoms with Gasteiger partial charge in [0.05, 0.1) is 12.2 Å². The molecule has 0 fully saturated rings. The Morgan fingerprint density at radius 1 is 1.57 bits per heavy atom. The first-order valence-corrected chi connectivity index (χ1v) is 4.25. The summed E-state index contributed by atoms with van der Waals surface area (Å²) >= 11 is 0. The van der Waals surface area contributed by atoms with Gasteiger partial charge in [0, 0.05) is 19.4 Å². The van der Waals surface area contributed by atoms with Crippen molar-refractivity contribution in [2.24, 2.45) is 7.05 Å². The fourth-order valence-electron chi connectivity index (χ4n) is 1.32. The van der Waals surface area contributed by atoms with Gasteiger partial charge in [0.15, 0.2) is 6.29 Å². The van der Waals surface area contributed by atoms with E-state index in [1.165, 1.54) is 0 Å². The van der Waals surface area contributed by atoms with E-state index in [0.717, 1.165) is 12.0 Å². The molecule has 0 aliphatic carbocycles. The van der Waals surface area contributed by atoms with Crippen LogP contribution in [-0.2, 0) is 13.6 Å². The van der Waals surface area contributed by atoms with E-state index in [9.17, 15) is 4.79 Å². The molecule has 0 bridgehead atoms. The van der Waals surface area contributed by atoms with Crippen molar-refractivity contribution in [3.63, 3.8) is 0 Å². The molecule has 0 aliphatic rings. The van der Waals surface area contributed by atoms with Gasteiger partial charge in [0.25, 0.3) is 0 Å². The smallest absolute Gasteiger partial charge is 0.166 e. The van der Waals surface area contributed by atoms with Crippen molar-refractivity contribution in [3.05, 3.63) is 35.9 Å². The second kappa shape index (κ2) is 3.45. The molecule has 2 aromatic heterocycles. The van der Waals surface area contributed by atoms with Crippen molar-refractivity contribution in [1.29, 1.82) is 0 Å². The molecule has 0 spiro atoms. The van der Waals surface area contributed by atoms with Gasteiger partial charge in [-0.15, -0.1) is 5.10 Å². The molecule has 0 aromatic carbocycles. The topological polar surface area (TPSA) is 52.7 Å². The van der Waals surface area contributed by atoms with Gasteiger partial charge in [-0.05, 0) is 12.1 Å². The van der Waals surface area contributed by atoms with Gasteiger partial charge < -0.3 is 4.57 Å². The number of rotatable bonds is 3. The monoisotopic (exact) mass is 190 g/mol. The second-order valence-corrected chi connectivity index (χ2v) is 3.06. The Morgan fingerprint density at radius 2 is 2.43 bits per heavy atom. The first-order chi connectivity index (χ1) is 6.79. The van der Waals surface area contributed by atoms with Crippen molar-refractivity contribution in [1.82, 2.24) is 19.6 Å². The maximum absolute atomic E-state index is 10.6. The number of aryl methyl sites for hydroxylation is 1. The lowest BCUT2D eigenvalue weighted by molar-refractivity contribution is 0.111. The lowest BCUT2D eigenvalue weighted by atomic mass is 10.4. The van der Waals surface area contributed by atoms with Crippen LogP contribution in [0.2, 0.25) is 0 Å². The molecule has 2 aromatic rings. The Morgan fingerprint density at radius 3 is 3.07 bits per heavy atom. The lowest BCUT2D eigenvalue weighted by Crippen LogP contribution is -2.02. The zero-order valence-electron chi connectivity index (χ0n) is 7.79. The summed E-state index contributed by atoms with van der Waals surface area (Å²) in [7, 11) is 1.81. The zero-order chi connectivity index (χ0) is 9.97. The van der Waals surface area contributed by atoms with E-state index in [4.69, 9.17) is 0 Å². The van der Waals surface area contributed by atoms with Gasteiger partial charge in [-0.1, -0.05) is 5.21 Å². The fraction of sp³-hybridized carbons (Fsp3) is 0.222. The summed E-state index contributed by atoms with van der Waals surface area (Å²) in [6.07, 6.45) is 4.50. The number of aldehydes is 1. The molecule has 0 atom stereocenters. The van der Waals surface area contributed by atoms with E-state index >= 15 is 0 Å². The van der Waals surface area contributed by atoms with Crippen LogP contribution in [0, 0.1) is 0 Å². The summed E-state index contributed by atoms with van der Waals surface area (Å²) in [5.41, 5.74) is 1.49. The molecule has 0 aliphatic heterocycles. The van der Waals surface area contributed by atoms with Crippen LogP contribution in [0.4, 0.5) is 0 Å². The SMILES string of the molecule is Cn1cc(Cn2cccc2C=O)nn1. The molecule has 0 amide bonds. The van der Waals surface area contributed by atoms with Gasteiger partial charge >= 0.3 is 0 Å². The molecule has 0 unspecified atom stereocenters. The molecular formula is C9H10N4O. The number of hydrogen-bond donors (Lipinski definition) is 0. The van der Waals surface area contributed by atoms with Crippen molar-refractivity contribution in [2.45, 2.75) is 6.54 Å². The maximum Gasteiger partial charge on any atom is 0.166 e. The minimum Gasteiger partial charge on any atom is -0.339 e. The molecular weight excluding hydrogens is 180 g/mol. The van der Waals surface area contributed by atoms with Crippen molar-refractivity contribution in [2.75, 3.05) is 0 Å². The van der Waals surface area contributed by atoms with E-state index in [-0.39, 0.29) is 0 Å². The molecule has 0 N–H and O–H groups in total. The summed E-state index contributed by atoms with van der Waals surface area (Å²) in [6, 6.07) is 3.60. The minimum absolute atomic E-state index is 0.578. The number of hydrogen-bond acceptors (Lipinski definition) is 3. The third-order valence-electron chi connectivity index (χ3n) is 1.97. The van der Waals surface area contributed by atoms with Crippen LogP contribution in [0.5, 0.6) is 0 Å². The molecule has 5 heteroatoms. The van der Waals surface area contributed by atoms with Crippen LogP contribution in [0.1, 0.15) is 16.2 Å². The highest BCUT2D eigenvalue weighted by molar-refractivity contribution is 5.72. The van der Waals surface area contributed by atoms with Crippen LogP contribution in [0.25, 0.3) is 0 Å². The van der Waals surface area contributed by atoms with Crippen molar-refractivity contribution >= 4 is 6.29 Å². The third-order valence-corrected chi connectivity index (χ3v) is 1.97. The molecule has 2 heterocycles. The standard InChI is InChI=1S/C9H10N4O/c1-12-5-8(10-11-12)6-13-4-2-3-9(13)7-14/h2-5,7H,6H2,1H3. The summed E-state index contributed by atoms with van der Waals surface area (Å²) in [6.45, 7) is 0.578. The average molecular weight is 190 g/mol. The van der Waals surface area contributed by atoms with Crippen LogP contribution in [0.15, 0.2) is 24.5 Å². The first-order valence-electron chi connectivity index (χ1n) is 4.25. The van der Waals surface area contributed by atoms with Crippen molar-refractivity contribution < 1.29 is 4.79 Å². The number of carbonyl (C=O) groups is 1. The predicted molar refractivity (Wildman–Crippen MR) is 49.9 cm³/mol. The average Bonchev–Trinajstić information content (AvgIpc) is 2.76. The second-order valence-electron chi connectivity index (χ2n) is 3.06. The van der Waals surface area contributed by atoms with Crippen LogP contribution in [0.3, 0.4) is 0 Å². The Balaban J connectivity index is 2.22. The van der Waals surface area contributed by atoms with E-state index < -0.39 is 0 Å². The van der Waals surface area contributed by atoms with Gasteiger partial charge in [-0.2, -0.15) is 0 Å². The van der Waals surface area contributed by atoms with Gasteiger partial charge in [0.1, 0.15) is 5.69 Å². The third kappa shape index (κ3) is 1.56. The Bertz CT molecular complexity index is 443. The van der Waals surface area contributed by atoms with Crippen molar-refractivity contribution in [3.8, 4) is 0 Å². The van der Waals surface area contributed by atoms with Gasteiger partial charge in [0.2, 0.25) is 0 Å². The largest absolute Gasteiger partial charge is 0.339 e. The normalized spacial score (nSPS) is 10.4. The quantitative estimate of drug-likeness (QED) is 0.661. The van der Waals surface area contributed by atoms with Crippen LogP contribution < -0.4 is 0 Å². The highest BCUT2D eigenvalue weighted by Gasteiger charge is 2.02. The van der Waals surface area contributed by atoms with Crippen LogP contribution in [-0.4, -0.2) is 25.8 Å². The number of nitrogens with zero attached hydrogens (tertiary/aromatic N) is 4. The van der Waals surface area contributed by atoms with Crippen LogP contribution >= 0.6 is 0 Å². The number of aromatic nitrogens is 4. The van der Waals surface area contributed by atoms with E-state index in [1.54, 1.807) is 10.7 Å². The summed E-state index contributed by atoms with van der Waals surface area (Å²) < 4.78 is 3.47. The van der Waals surface area contributed by atoms with E-state index in [1.807, 2.05) is 30.1 Å². The predicted octanol–water partition coefficient (Wildman–Crippen LogP) is 0.477. The molecule has 5 nitrogen and oxygen atoms in total. The number of carbonyl (C=O) groups excluding carboxylic acids is 1. The summed E-state index contributed by atoms with van der Waals surface area (Å²) in [5.74, 6) is 0. The molecule has 72 valence electrons. The van der Waals surface area contributed by atoms with E-state index in [2.05, 4.69) is 10.3 Å². The van der Waals surface area contributed by atoms with Gasteiger partial charge in [-0.3, -0.25) is 9.48 Å². The molecule has 0 saturated heterocycles. The van der Waals surface area contributed by atoms with Gasteiger partial charge in [-0.25, -0.2) is 0 Å². The molecule has 0 radical (unpaired) electrons. The van der Waals surface area contributed by atoms with E-state index in [0.29, 0.717) is 12.2 Å². The zero-order valence-corrected chi connectivity index (χ0v) is 7.79. The molecule has 0 saturated carbocycles. The first kappa shape index (κ1) is 8.68. The Hall–Kier alpha value is -1.91. The fourth-order valence-corrected chi connectivity index (χ4v) is 1.32. The highest BCUT2D eigenvalue weighted by atomic mass is 16.1. The Kier molecular flexibility index (Phi) is 2.14.